The van der Waals surface area contributed by atoms with E-state index in [1.165, 1.54) is 30.8 Å². The number of pyridine rings is 1. The summed E-state index contributed by atoms with van der Waals surface area (Å²) in [6.45, 7) is 0. The second kappa shape index (κ2) is 7.90. The number of nitrogens with one attached hydrogen (secondary N) is 2. The topological polar surface area (TPSA) is 114 Å². The second-order valence-corrected chi connectivity index (χ2v) is 7.10. The zero-order valence-corrected chi connectivity index (χ0v) is 16.2. The number of anilines is 1. The number of fused-ring (bicyclic) bond motifs is 1. The highest BCUT2D eigenvalue weighted by atomic mass is 16.5. The second-order valence-electron chi connectivity index (χ2n) is 7.10. The van der Waals surface area contributed by atoms with Gasteiger partial charge >= 0.3 is 5.97 Å². The van der Waals surface area contributed by atoms with Crippen molar-refractivity contribution in [2.45, 2.75) is 12.8 Å². The summed E-state index contributed by atoms with van der Waals surface area (Å²) in [7, 11) is 1.68. The lowest BCUT2D eigenvalue weighted by molar-refractivity contribution is -0.126. The van der Waals surface area contributed by atoms with Crippen LogP contribution in [0.25, 0.3) is 0 Å². The normalized spacial score (nSPS) is 21.9. The molecule has 1 aromatic carbocycles. The summed E-state index contributed by atoms with van der Waals surface area (Å²) in [5.41, 5.74) is 2.02. The Balaban J connectivity index is 1.46. The van der Waals surface area contributed by atoms with Crippen LogP contribution in [0.1, 0.15) is 43.9 Å². The van der Waals surface area contributed by atoms with Crippen molar-refractivity contribution in [1.29, 1.82) is 0 Å². The van der Waals surface area contributed by atoms with E-state index in [2.05, 4.69) is 15.6 Å². The molecule has 4 rings (SSSR count). The summed E-state index contributed by atoms with van der Waals surface area (Å²) in [6.07, 6.45) is 4.82. The number of carbonyl (C=O) groups excluding carboxylic acids is 4. The first-order chi connectivity index (χ1) is 14.5. The maximum Gasteiger partial charge on any atom is 0.343 e. The maximum atomic E-state index is 13.0. The number of amides is 1. The molecule has 1 fully saturated rings. The van der Waals surface area contributed by atoms with E-state index in [9.17, 15) is 19.2 Å². The monoisotopic (exact) mass is 405 g/mol. The van der Waals surface area contributed by atoms with Crippen LogP contribution in [0.15, 0.2) is 54.7 Å². The summed E-state index contributed by atoms with van der Waals surface area (Å²) < 4.78 is 5.11. The van der Waals surface area contributed by atoms with Crippen LogP contribution in [-0.4, -0.2) is 35.5 Å². The van der Waals surface area contributed by atoms with Crippen LogP contribution in [0.2, 0.25) is 0 Å². The maximum absolute atomic E-state index is 13.0. The average molecular weight is 405 g/mol. The number of esters is 1. The first-order valence-corrected chi connectivity index (χ1v) is 9.51. The molecule has 8 nitrogen and oxygen atoms in total. The Hall–Kier alpha value is -3.81. The van der Waals surface area contributed by atoms with Crippen LogP contribution in [0.3, 0.4) is 0 Å². The van der Waals surface area contributed by atoms with Gasteiger partial charge in [0.05, 0.1) is 28.7 Å². The first kappa shape index (κ1) is 19.5. The number of hydrogen-bond donors (Lipinski definition) is 2. The van der Waals surface area contributed by atoms with E-state index < -0.39 is 23.7 Å². The number of allylic oxidation sites excluding steroid dienone is 1. The quantitative estimate of drug-likeness (QED) is 0.456. The molecule has 1 aromatic heterocycles. The van der Waals surface area contributed by atoms with E-state index in [4.69, 9.17) is 4.74 Å². The molecule has 0 bridgehead atoms. The lowest BCUT2D eigenvalue weighted by Gasteiger charge is -2.26. The van der Waals surface area contributed by atoms with Crippen molar-refractivity contribution in [3.8, 4) is 0 Å². The fourth-order valence-corrected chi connectivity index (χ4v) is 3.88. The summed E-state index contributed by atoms with van der Waals surface area (Å²) in [6, 6.07) is 8.08. The molecule has 8 heteroatoms. The van der Waals surface area contributed by atoms with Crippen LogP contribution in [0, 0.1) is 11.8 Å². The van der Waals surface area contributed by atoms with Crippen molar-refractivity contribution in [2.24, 2.45) is 11.8 Å². The first-order valence-electron chi connectivity index (χ1n) is 9.51. The molecular weight excluding hydrogens is 386 g/mol. The Morgan fingerprint density at radius 1 is 1.17 bits per heavy atom. The van der Waals surface area contributed by atoms with Gasteiger partial charge < -0.3 is 15.4 Å². The molecule has 1 amide bonds. The van der Waals surface area contributed by atoms with Gasteiger partial charge in [0, 0.05) is 30.7 Å². The predicted octanol–water partition coefficient (Wildman–Crippen LogP) is 2.34. The number of ketones is 2. The minimum atomic E-state index is -1.03. The van der Waals surface area contributed by atoms with E-state index >= 15 is 0 Å². The zero-order chi connectivity index (χ0) is 21.3. The van der Waals surface area contributed by atoms with Crippen LogP contribution in [-0.2, 0) is 9.53 Å². The molecule has 2 heterocycles. The fraction of sp³-hybridized carbons (Fsp3) is 0.227. The Morgan fingerprint density at radius 2 is 1.93 bits per heavy atom. The number of hydrogen-bond acceptors (Lipinski definition) is 7. The van der Waals surface area contributed by atoms with Gasteiger partial charge in [0.2, 0.25) is 5.91 Å². The molecule has 2 aliphatic rings. The summed E-state index contributed by atoms with van der Waals surface area (Å²) in [5, 5.41) is 5.58. The van der Waals surface area contributed by atoms with Gasteiger partial charge in [-0.2, -0.15) is 0 Å². The van der Waals surface area contributed by atoms with Crippen molar-refractivity contribution >= 4 is 29.1 Å². The Bertz CT molecular complexity index is 1080. The Labute approximate surface area is 172 Å². The number of carbonyl (C=O) groups is 4. The van der Waals surface area contributed by atoms with Crippen molar-refractivity contribution in [3.05, 3.63) is 71.4 Å². The molecule has 1 aliphatic heterocycles. The smallest absolute Gasteiger partial charge is 0.343 e. The predicted molar refractivity (Wildman–Crippen MR) is 107 cm³/mol. The number of piperidine rings is 1. The van der Waals surface area contributed by atoms with Crippen LogP contribution in [0.4, 0.5) is 5.69 Å². The number of rotatable bonds is 4. The summed E-state index contributed by atoms with van der Waals surface area (Å²) >= 11 is 0. The molecule has 1 saturated heterocycles. The third kappa shape index (κ3) is 3.36. The van der Waals surface area contributed by atoms with E-state index in [0.717, 1.165) is 0 Å². The number of ether oxygens (including phenoxy) is 1. The lowest BCUT2D eigenvalue weighted by Crippen LogP contribution is -2.42. The number of nitrogens with zero attached hydrogens (tertiary/aromatic N) is 1. The molecule has 2 aromatic rings. The minimum Gasteiger partial charge on any atom is -0.429 e. The van der Waals surface area contributed by atoms with Gasteiger partial charge in [0.15, 0.2) is 11.6 Å². The van der Waals surface area contributed by atoms with Crippen molar-refractivity contribution < 1.29 is 23.9 Å². The summed E-state index contributed by atoms with van der Waals surface area (Å²) in [5.74, 6) is -3.47. The number of Topliss-reactive ketones (excluding diaryl/α,β-unsaturated/α-hetero) is 2. The van der Waals surface area contributed by atoms with Gasteiger partial charge in [-0.15, -0.1) is 0 Å². The van der Waals surface area contributed by atoms with E-state index in [1.54, 1.807) is 25.2 Å². The van der Waals surface area contributed by atoms with E-state index in [0.29, 0.717) is 40.9 Å². The Morgan fingerprint density at radius 3 is 2.63 bits per heavy atom. The highest BCUT2D eigenvalue weighted by Crippen LogP contribution is 2.38. The van der Waals surface area contributed by atoms with Gasteiger partial charge in [0.25, 0.3) is 0 Å². The fourth-order valence-electron chi connectivity index (χ4n) is 3.88. The standard InChI is InChI=1S/C22H19N3O5/c1-23-16-4-2-3-14-17(16)20(27)18(19(14)26)15-6-5-13(25-21(15)28)11-30-22(29)12-7-9-24-10-8-12/h2-4,7-11,15,18,23H,5-6H2,1H3,(H,25,28)/b13-11-. The van der Waals surface area contributed by atoms with Crippen LogP contribution >= 0.6 is 0 Å². The molecular formula is C22H19N3O5. The van der Waals surface area contributed by atoms with Crippen LogP contribution < -0.4 is 10.6 Å². The van der Waals surface area contributed by atoms with Gasteiger partial charge in [0.1, 0.15) is 6.26 Å². The van der Waals surface area contributed by atoms with Gasteiger partial charge in [-0.05, 0) is 31.0 Å². The summed E-state index contributed by atoms with van der Waals surface area (Å²) in [4.78, 5) is 54.3. The third-order valence-electron chi connectivity index (χ3n) is 5.38. The zero-order valence-electron chi connectivity index (χ0n) is 16.2. The SMILES string of the molecule is CNc1cccc2c1C(=O)C(C1CC/C(=C/OC(=O)c3ccncc3)NC1=O)C2=O. The molecule has 2 N–H and O–H groups in total. The molecule has 0 radical (unpaired) electrons. The average Bonchev–Trinajstić information content (AvgIpc) is 3.03. The molecule has 152 valence electrons. The van der Waals surface area contributed by atoms with Gasteiger partial charge in [-0.1, -0.05) is 12.1 Å². The lowest BCUT2D eigenvalue weighted by atomic mass is 9.81. The molecule has 2 unspecified atom stereocenters. The molecule has 0 saturated carbocycles. The molecule has 30 heavy (non-hydrogen) atoms. The molecule has 1 aliphatic carbocycles. The van der Waals surface area contributed by atoms with Crippen molar-refractivity contribution in [2.75, 3.05) is 12.4 Å². The minimum absolute atomic E-state index is 0.301. The highest BCUT2D eigenvalue weighted by molar-refractivity contribution is 6.29. The largest absolute Gasteiger partial charge is 0.429 e. The number of aromatic nitrogens is 1. The Kier molecular flexibility index (Phi) is 5.14. The van der Waals surface area contributed by atoms with E-state index in [-0.39, 0.29) is 11.6 Å². The van der Waals surface area contributed by atoms with Gasteiger partial charge in [-0.25, -0.2) is 4.79 Å². The van der Waals surface area contributed by atoms with Crippen molar-refractivity contribution in [1.82, 2.24) is 10.3 Å². The van der Waals surface area contributed by atoms with Crippen molar-refractivity contribution in [3.63, 3.8) is 0 Å². The third-order valence-corrected chi connectivity index (χ3v) is 5.38. The molecule has 0 spiro atoms. The molecule has 2 atom stereocenters. The van der Waals surface area contributed by atoms with Gasteiger partial charge in [-0.3, -0.25) is 19.4 Å². The number of benzene rings is 1. The highest BCUT2D eigenvalue weighted by Gasteiger charge is 2.47. The van der Waals surface area contributed by atoms with Crippen LogP contribution in [0.5, 0.6) is 0 Å². The van der Waals surface area contributed by atoms with E-state index in [1.807, 2.05) is 0 Å².